The Morgan fingerprint density at radius 3 is 2.59 bits per heavy atom. The highest BCUT2D eigenvalue weighted by atomic mass is 19.1. The molecule has 0 atom stereocenters. The smallest absolute Gasteiger partial charge is 0.166 e. The van der Waals surface area contributed by atoms with Crippen molar-refractivity contribution in [2.24, 2.45) is 0 Å². The monoisotopic (exact) mass is 361 g/mol. The number of benzene rings is 2. The van der Waals surface area contributed by atoms with E-state index in [0.29, 0.717) is 33.6 Å². The fourth-order valence-electron chi connectivity index (χ4n) is 3.29. The summed E-state index contributed by atoms with van der Waals surface area (Å²) >= 11 is 0. The van der Waals surface area contributed by atoms with Gasteiger partial charge in [-0.3, -0.25) is 0 Å². The zero-order chi connectivity index (χ0) is 18.5. The predicted octanol–water partition coefficient (Wildman–Crippen LogP) is 4.43. The van der Waals surface area contributed by atoms with Crippen LogP contribution in [0.1, 0.15) is 0 Å². The van der Waals surface area contributed by atoms with Crippen molar-refractivity contribution in [1.29, 1.82) is 0 Å². The van der Waals surface area contributed by atoms with E-state index in [1.165, 1.54) is 6.07 Å². The molecule has 7 heteroatoms. The van der Waals surface area contributed by atoms with Gasteiger partial charge < -0.3 is 15.3 Å². The van der Waals surface area contributed by atoms with E-state index < -0.39 is 11.6 Å². The van der Waals surface area contributed by atoms with Crippen molar-refractivity contribution in [3.63, 3.8) is 0 Å². The number of rotatable bonds is 2. The molecule has 0 radical (unpaired) electrons. The molecule has 0 bridgehead atoms. The van der Waals surface area contributed by atoms with E-state index in [2.05, 4.69) is 15.0 Å². The van der Waals surface area contributed by atoms with Crippen molar-refractivity contribution >= 4 is 27.8 Å². The minimum absolute atomic E-state index is 0.201. The normalized spacial score (nSPS) is 11.5. The number of aromatic amines is 1. The van der Waals surface area contributed by atoms with E-state index in [0.717, 1.165) is 11.8 Å². The first-order valence-electron chi connectivity index (χ1n) is 8.28. The zero-order valence-electron chi connectivity index (χ0n) is 13.9. The highest BCUT2D eigenvalue weighted by molar-refractivity contribution is 5.96. The predicted molar refractivity (Wildman–Crippen MR) is 100 cm³/mol. The van der Waals surface area contributed by atoms with Crippen molar-refractivity contribution in [1.82, 2.24) is 19.5 Å². The van der Waals surface area contributed by atoms with Crippen LogP contribution in [0.25, 0.3) is 39.0 Å². The van der Waals surface area contributed by atoms with Gasteiger partial charge in [0.1, 0.15) is 17.5 Å². The number of nitrogens with one attached hydrogen (secondary N) is 1. The first-order chi connectivity index (χ1) is 13.1. The molecule has 5 nitrogen and oxygen atoms in total. The fraction of sp³-hybridized carbons (Fsp3) is 0. The van der Waals surface area contributed by atoms with E-state index in [1.807, 2.05) is 47.2 Å². The molecular formula is C20H13F2N5. The summed E-state index contributed by atoms with van der Waals surface area (Å²) in [5.41, 5.74) is 8.36. The van der Waals surface area contributed by atoms with Crippen LogP contribution in [0.15, 0.2) is 60.9 Å². The lowest BCUT2D eigenvalue weighted by Gasteiger charge is -2.07. The van der Waals surface area contributed by atoms with Gasteiger partial charge in [0.05, 0.1) is 10.9 Å². The van der Waals surface area contributed by atoms with Gasteiger partial charge in [-0.25, -0.2) is 18.7 Å². The Bertz CT molecular complexity index is 1300. The van der Waals surface area contributed by atoms with Crippen LogP contribution in [0.3, 0.4) is 0 Å². The molecule has 5 aromatic rings. The van der Waals surface area contributed by atoms with E-state index in [4.69, 9.17) is 5.73 Å². The van der Waals surface area contributed by atoms with Gasteiger partial charge in [0.2, 0.25) is 0 Å². The Balaban J connectivity index is 1.78. The maximum atomic E-state index is 14.0. The molecular weight excluding hydrogens is 348 g/mol. The standard InChI is InChI=1S/C20H13F2N5/c21-11-8-14-15(10-24-17(14)16(22)9-11)19-25-18(23)13-6-7-27(20(13)26-19)12-4-2-1-3-5-12/h1-10,24H,(H2,23,25,26). The van der Waals surface area contributed by atoms with Crippen LogP contribution in [-0.2, 0) is 0 Å². The molecule has 0 unspecified atom stereocenters. The van der Waals surface area contributed by atoms with E-state index in [1.54, 1.807) is 6.20 Å². The topological polar surface area (TPSA) is 72.5 Å². The Morgan fingerprint density at radius 1 is 0.963 bits per heavy atom. The third kappa shape index (κ3) is 2.36. The number of fused-ring (bicyclic) bond motifs is 2. The van der Waals surface area contributed by atoms with Gasteiger partial charge in [0, 0.05) is 35.1 Å². The molecule has 3 N–H and O–H groups in total. The maximum Gasteiger partial charge on any atom is 0.166 e. The van der Waals surface area contributed by atoms with E-state index in [9.17, 15) is 8.78 Å². The summed E-state index contributed by atoms with van der Waals surface area (Å²) in [7, 11) is 0. The lowest BCUT2D eigenvalue weighted by molar-refractivity contribution is 0.591. The van der Waals surface area contributed by atoms with E-state index >= 15 is 0 Å². The summed E-state index contributed by atoms with van der Waals surface area (Å²) in [6.45, 7) is 0. The molecule has 0 spiro atoms. The molecule has 0 aliphatic heterocycles. The van der Waals surface area contributed by atoms with Gasteiger partial charge in [-0.05, 0) is 24.3 Å². The Kier molecular flexibility index (Phi) is 3.24. The van der Waals surface area contributed by atoms with Crippen molar-refractivity contribution in [3.05, 3.63) is 72.6 Å². The number of hydrogen-bond acceptors (Lipinski definition) is 3. The molecule has 0 aliphatic carbocycles. The summed E-state index contributed by atoms with van der Waals surface area (Å²) in [5, 5.41) is 1.07. The Hall–Kier alpha value is -3.74. The third-order valence-electron chi connectivity index (χ3n) is 4.55. The van der Waals surface area contributed by atoms with Crippen LogP contribution in [0.5, 0.6) is 0 Å². The average molecular weight is 361 g/mol. The molecule has 27 heavy (non-hydrogen) atoms. The van der Waals surface area contributed by atoms with Crippen LogP contribution in [-0.4, -0.2) is 19.5 Å². The van der Waals surface area contributed by atoms with Gasteiger partial charge >= 0.3 is 0 Å². The first-order valence-corrected chi connectivity index (χ1v) is 8.28. The second-order valence-electron chi connectivity index (χ2n) is 6.20. The van der Waals surface area contributed by atoms with Gasteiger partial charge in [-0.15, -0.1) is 0 Å². The second-order valence-corrected chi connectivity index (χ2v) is 6.20. The van der Waals surface area contributed by atoms with Crippen LogP contribution >= 0.6 is 0 Å². The molecule has 0 amide bonds. The van der Waals surface area contributed by atoms with Crippen LogP contribution in [0, 0.1) is 11.6 Å². The number of nitrogens with two attached hydrogens (primary N) is 1. The minimum atomic E-state index is -0.669. The molecule has 3 heterocycles. The van der Waals surface area contributed by atoms with Crippen LogP contribution in [0.2, 0.25) is 0 Å². The lowest BCUT2D eigenvalue weighted by atomic mass is 10.1. The summed E-state index contributed by atoms with van der Waals surface area (Å²) in [6, 6.07) is 13.6. The average Bonchev–Trinajstić information content (AvgIpc) is 3.27. The minimum Gasteiger partial charge on any atom is -0.383 e. The van der Waals surface area contributed by atoms with E-state index in [-0.39, 0.29) is 5.52 Å². The second kappa shape index (κ2) is 5.63. The van der Waals surface area contributed by atoms with Crippen molar-refractivity contribution in [3.8, 4) is 17.1 Å². The number of hydrogen-bond donors (Lipinski definition) is 2. The molecule has 0 aliphatic rings. The largest absolute Gasteiger partial charge is 0.383 e. The van der Waals surface area contributed by atoms with Crippen LogP contribution < -0.4 is 5.73 Å². The first kappa shape index (κ1) is 15.5. The molecule has 2 aromatic carbocycles. The van der Waals surface area contributed by atoms with Gasteiger partial charge in [0.25, 0.3) is 0 Å². The third-order valence-corrected chi connectivity index (χ3v) is 4.55. The fourth-order valence-corrected chi connectivity index (χ4v) is 3.29. The number of halogens is 2. The van der Waals surface area contributed by atoms with Gasteiger partial charge in [-0.1, -0.05) is 18.2 Å². The number of anilines is 1. The van der Waals surface area contributed by atoms with Crippen LogP contribution in [0.4, 0.5) is 14.6 Å². The number of para-hydroxylation sites is 1. The lowest BCUT2D eigenvalue weighted by Crippen LogP contribution is -2.00. The number of nitrogen functional groups attached to an aromatic ring is 1. The van der Waals surface area contributed by atoms with Crippen molar-refractivity contribution < 1.29 is 8.78 Å². The Labute approximate surface area is 152 Å². The highest BCUT2D eigenvalue weighted by Gasteiger charge is 2.17. The number of H-pyrrole nitrogens is 1. The Morgan fingerprint density at radius 2 is 1.78 bits per heavy atom. The zero-order valence-corrected chi connectivity index (χ0v) is 13.9. The molecule has 3 aromatic heterocycles. The maximum absolute atomic E-state index is 14.0. The quantitative estimate of drug-likeness (QED) is 0.489. The van der Waals surface area contributed by atoms with Gasteiger partial charge in [0.15, 0.2) is 11.5 Å². The summed E-state index contributed by atoms with van der Waals surface area (Å²) in [6.07, 6.45) is 3.42. The molecule has 132 valence electrons. The van der Waals surface area contributed by atoms with Crippen molar-refractivity contribution in [2.75, 3.05) is 5.73 Å². The molecule has 0 fully saturated rings. The van der Waals surface area contributed by atoms with Crippen molar-refractivity contribution in [2.45, 2.75) is 0 Å². The number of aromatic nitrogens is 4. The molecule has 0 saturated carbocycles. The summed E-state index contributed by atoms with van der Waals surface area (Å²) < 4.78 is 29.6. The molecule has 5 rings (SSSR count). The summed E-state index contributed by atoms with van der Waals surface area (Å²) in [4.78, 5) is 11.8. The summed E-state index contributed by atoms with van der Waals surface area (Å²) in [5.74, 6) is -0.733. The SMILES string of the molecule is Nc1nc(-c2c[nH]c3c(F)cc(F)cc23)nc2c1ccn2-c1ccccc1. The number of nitrogens with zero attached hydrogens (tertiary/aromatic N) is 3. The van der Waals surface area contributed by atoms with Gasteiger partial charge in [-0.2, -0.15) is 0 Å². The highest BCUT2D eigenvalue weighted by Crippen LogP contribution is 2.31. The molecule has 0 saturated heterocycles.